The van der Waals surface area contributed by atoms with E-state index in [1.807, 2.05) is 0 Å². The van der Waals surface area contributed by atoms with Gasteiger partial charge in [0.1, 0.15) is 19.3 Å². The van der Waals surface area contributed by atoms with E-state index in [0.717, 1.165) is 115 Å². The molecule has 17 nitrogen and oxygen atoms in total. The molecule has 0 saturated carbocycles. The Morgan fingerprint density at radius 3 is 0.837 bits per heavy atom. The first-order valence-corrected chi connectivity index (χ1v) is 43.4. The van der Waals surface area contributed by atoms with Crippen molar-refractivity contribution >= 4 is 39.5 Å². The second-order valence-corrected chi connectivity index (χ2v) is 31.2. The largest absolute Gasteiger partial charge is 0.472 e. The number of allylic oxidation sites excluding steroid dienone is 4. The third-order valence-electron chi connectivity index (χ3n) is 17.9. The number of esters is 4. The third kappa shape index (κ3) is 71.9. The van der Waals surface area contributed by atoms with E-state index in [4.69, 9.17) is 37.0 Å². The van der Waals surface area contributed by atoms with Gasteiger partial charge < -0.3 is 33.8 Å². The number of carbonyl (C=O) groups is 4. The average Bonchev–Trinajstić information content (AvgIpc) is 1.11. The number of aliphatic hydroxyl groups excluding tert-OH is 1. The molecule has 0 spiro atoms. The maximum Gasteiger partial charge on any atom is 0.472 e. The van der Waals surface area contributed by atoms with Crippen LogP contribution in [0.1, 0.15) is 394 Å². The Balaban J connectivity index is 5.30. The highest BCUT2D eigenvalue weighted by atomic mass is 31.2. The maximum atomic E-state index is 13.1. The Bertz CT molecular complexity index is 1970. The van der Waals surface area contributed by atoms with Crippen molar-refractivity contribution < 1.29 is 80.2 Å². The number of aliphatic hydroxyl groups is 1. The first kappa shape index (κ1) is 95.5. The van der Waals surface area contributed by atoms with E-state index in [1.165, 1.54) is 199 Å². The molecule has 0 rings (SSSR count). The highest BCUT2D eigenvalue weighted by molar-refractivity contribution is 7.47. The van der Waals surface area contributed by atoms with Crippen molar-refractivity contribution in [1.82, 2.24) is 0 Å². The van der Waals surface area contributed by atoms with Crippen molar-refractivity contribution in [3.8, 4) is 0 Å². The monoisotopic (exact) mass is 1430 g/mol. The summed E-state index contributed by atoms with van der Waals surface area (Å²) in [6.07, 6.45) is 64.5. The van der Waals surface area contributed by atoms with Gasteiger partial charge in [0.25, 0.3) is 0 Å². The van der Waals surface area contributed by atoms with Crippen LogP contribution in [-0.2, 0) is 65.4 Å². The fourth-order valence-corrected chi connectivity index (χ4v) is 13.3. The van der Waals surface area contributed by atoms with Gasteiger partial charge in [-0.25, -0.2) is 9.13 Å². The van der Waals surface area contributed by atoms with Gasteiger partial charge in [-0.05, 0) is 57.3 Å². The van der Waals surface area contributed by atoms with Crippen molar-refractivity contribution in [1.29, 1.82) is 0 Å². The first-order valence-electron chi connectivity index (χ1n) is 40.5. The lowest BCUT2D eigenvalue weighted by atomic mass is 10.0. The molecule has 3 N–H and O–H groups in total. The van der Waals surface area contributed by atoms with Crippen molar-refractivity contribution in [2.24, 2.45) is 5.92 Å². The average molecular weight is 1430 g/mol. The standard InChI is InChI=1S/C79H150O17P2/c1-6-9-12-15-18-21-24-27-30-33-36-39-44-50-55-60-65-79(84)95-74(68-89-76(81)62-57-52-47-42-37-34-31-28-25-22-19-16-13-10-7-2)70-93-97(85,86)91-66-73(80)67-92-98(87,88)94-71-75(69-90-77(82)63-58-53-48-45-40-41-46-51-56-61-72(4)5)96-78(83)64-59-54-49-43-38-35-32-29-26-23-20-17-14-11-8-3/h22,25,28,31,72-75,80H,6-21,23-24,26-27,29-30,32-71H2,1-5H3,(H,85,86)(H,87,88)/b25-22-,31-28-/t73-,74-,75-/m1/s1. The normalized spacial score (nSPS) is 14.1. The Morgan fingerprint density at radius 2 is 0.551 bits per heavy atom. The van der Waals surface area contributed by atoms with Gasteiger partial charge in [0.2, 0.25) is 0 Å². The summed E-state index contributed by atoms with van der Waals surface area (Å²) in [7, 11) is -9.93. The Labute approximate surface area is 599 Å². The second-order valence-electron chi connectivity index (χ2n) is 28.2. The number of unbranched alkanes of at least 4 members (excludes halogenated alkanes) is 46. The number of phosphoric ester groups is 2. The van der Waals surface area contributed by atoms with Crippen LogP contribution in [0.4, 0.5) is 0 Å². The van der Waals surface area contributed by atoms with Crippen LogP contribution in [0.2, 0.25) is 0 Å². The van der Waals surface area contributed by atoms with Gasteiger partial charge in [0, 0.05) is 25.7 Å². The molecule has 98 heavy (non-hydrogen) atoms. The molecule has 5 atom stereocenters. The predicted molar refractivity (Wildman–Crippen MR) is 400 cm³/mol. The molecule has 0 radical (unpaired) electrons. The van der Waals surface area contributed by atoms with Gasteiger partial charge >= 0.3 is 39.5 Å². The van der Waals surface area contributed by atoms with Crippen LogP contribution >= 0.6 is 15.6 Å². The van der Waals surface area contributed by atoms with Crippen molar-refractivity contribution in [3.63, 3.8) is 0 Å². The molecule has 0 aliphatic rings. The van der Waals surface area contributed by atoms with Crippen LogP contribution in [-0.4, -0.2) is 96.7 Å². The highest BCUT2D eigenvalue weighted by Crippen LogP contribution is 2.45. The lowest BCUT2D eigenvalue weighted by Crippen LogP contribution is -2.30. The summed E-state index contributed by atoms with van der Waals surface area (Å²) in [5, 5.41) is 10.6. The quantitative estimate of drug-likeness (QED) is 0.0169. The fraction of sp³-hybridized carbons (Fsp3) is 0.899. The summed E-state index contributed by atoms with van der Waals surface area (Å²) in [5.41, 5.74) is 0. The zero-order valence-corrected chi connectivity index (χ0v) is 65.2. The van der Waals surface area contributed by atoms with Crippen LogP contribution < -0.4 is 0 Å². The van der Waals surface area contributed by atoms with Gasteiger partial charge in [-0.2, -0.15) is 0 Å². The summed E-state index contributed by atoms with van der Waals surface area (Å²) in [4.78, 5) is 73.0. The topological polar surface area (TPSA) is 237 Å². The van der Waals surface area contributed by atoms with Crippen molar-refractivity contribution in [2.75, 3.05) is 39.6 Å². The van der Waals surface area contributed by atoms with Crippen LogP contribution in [0.3, 0.4) is 0 Å². The first-order chi connectivity index (χ1) is 47.5. The molecule has 0 saturated heterocycles. The van der Waals surface area contributed by atoms with E-state index >= 15 is 0 Å². The highest BCUT2D eigenvalue weighted by Gasteiger charge is 2.30. The Kier molecular flexibility index (Phi) is 69.7. The molecule has 0 aromatic carbocycles. The van der Waals surface area contributed by atoms with E-state index in [2.05, 4.69) is 58.9 Å². The molecule has 0 aliphatic heterocycles. The minimum absolute atomic E-state index is 0.102. The zero-order chi connectivity index (χ0) is 71.9. The van der Waals surface area contributed by atoms with Gasteiger partial charge in [-0.3, -0.25) is 37.3 Å². The van der Waals surface area contributed by atoms with Gasteiger partial charge in [0.05, 0.1) is 26.4 Å². The van der Waals surface area contributed by atoms with E-state index in [0.29, 0.717) is 25.7 Å². The molecule has 578 valence electrons. The van der Waals surface area contributed by atoms with Crippen molar-refractivity contribution in [3.05, 3.63) is 24.3 Å². The van der Waals surface area contributed by atoms with E-state index in [1.54, 1.807) is 0 Å². The van der Waals surface area contributed by atoms with E-state index in [9.17, 15) is 43.2 Å². The van der Waals surface area contributed by atoms with E-state index < -0.39 is 97.5 Å². The second kappa shape index (κ2) is 71.5. The molecule has 0 bridgehead atoms. The molecule has 0 aromatic heterocycles. The predicted octanol–water partition coefficient (Wildman–Crippen LogP) is 23.2. The lowest BCUT2D eigenvalue weighted by molar-refractivity contribution is -0.161. The fourth-order valence-electron chi connectivity index (χ4n) is 11.7. The summed E-state index contributed by atoms with van der Waals surface area (Å²) >= 11 is 0. The van der Waals surface area contributed by atoms with Gasteiger partial charge in [-0.1, -0.05) is 341 Å². The molecule has 0 aromatic rings. The molecular formula is C79H150O17P2. The molecule has 0 heterocycles. The van der Waals surface area contributed by atoms with Crippen molar-refractivity contribution in [2.45, 2.75) is 412 Å². The molecule has 19 heteroatoms. The number of ether oxygens (including phenoxy) is 4. The molecule has 0 fully saturated rings. The smallest absolute Gasteiger partial charge is 0.462 e. The maximum absolute atomic E-state index is 13.1. The number of rotatable bonds is 77. The number of carbonyl (C=O) groups excluding carboxylic acids is 4. The van der Waals surface area contributed by atoms with Crippen LogP contribution in [0.25, 0.3) is 0 Å². The van der Waals surface area contributed by atoms with Crippen LogP contribution in [0.5, 0.6) is 0 Å². The zero-order valence-electron chi connectivity index (χ0n) is 63.4. The summed E-state index contributed by atoms with van der Waals surface area (Å²) in [6, 6.07) is 0. The van der Waals surface area contributed by atoms with Crippen LogP contribution in [0.15, 0.2) is 24.3 Å². The van der Waals surface area contributed by atoms with Gasteiger partial charge in [-0.15, -0.1) is 0 Å². The number of hydrogen-bond donors (Lipinski definition) is 3. The lowest BCUT2D eigenvalue weighted by Gasteiger charge is -2.21. The SMILES string of the molecule is CCCCCC/C=C\C=C/CCCCCCCC(=O)OC[C@H](COP(=O)(O)OC[C@@H](O)COP(=O)(O)OC[C@@H](COC(=O)CCCCCCCCCCCC(C)C)OC(=O)CCCCCCCCCCCCCCCCC)OC(=O)CCCCCCCCCCCCCCCCCC. The minimum Gasteiger partial charge on any atom is -0.462 e. The Hall–Kier alpha value is -2.46. The summed E-state index contributed by atoms with van der Waals surface area (Å²) in [6.45, 7) is 7.24. The molecule has 0 aliphatic carbocycles. The third-order valence-corrected chi connectivity index (χ3v) is 19.8. The Morgan fingerprint density at radius 1 is 0.316 bits per heavy atom. The molecular weight excluding hydrogens is 1280 g/mol. The minimum atomic E-state index is -4.97. The summed E-state index contributed by atoms with van der Waals surface area (Å²) < 4.78 is 68.6. The van der Waals surface area contributed by atoms with Crippen LogP contribution in [0, 0.1) is 5.92 Å². The summed E-state index contributed by atoms with van der Waals surface area (Å²) in [5.74, 6) is -1.40. The number of phosphoric acid groups is 2. The number of hydrogen-bond acceptors (Lipinski definition) is 15. The van der Waals surface area contributed by atoms with Gasteiger partial charge in [0.15, 0.2) is 12.2 Å². The molecule has 2 unspecified atom stereocenters. The van der Waals surface area contributed by atoms with E-state index in [-0.39, 0.29) is 25.7 Å². The molecule has 0 amide bonds.